The number of alkyl halides is 2. The largest absolute Gasteiger partial charge is 0.493 e. The molecule has 1 heterocycles. The quantitative estimate of drug-likeness (QED) is 0.508. The number of amides is 1. The summed E-state index contributed by atoms with van der Waals surface area (Å²) in [5.41, 5.74) is 0.868. The van der Waals surface area contributed by atoms with Crippen LogP contribution in [0.15, 0.2) is 54.7 Å². The highest BCUT2D eigenvalue weighted by Gasteiger charge is 2.54. The minimum atomic E-state index is -2.59. The summed E-state index contributed by atoms with van der Waals surface area (Å²) in [5, 5.41) is 15.8. The predicted octanol–water partition coefficient (Wildman–Crippen LogP) is 4.94. The van der Waals surface area contributed by atoms with Gasteiger partial charge in [0, 0.05) is 30.5 Å². The Bertz CT molecular complexity index is 1220. The third-order valence-electron chi connectivity index (χ3n) is 5.65. The van der Waals surface area contributed by atoms with Crippen molar-refractivity contribution in [2.45, 2.75) is 38.7 Å². The maximum absolute atomic E-state index is 13.8. The van der Waals surface area contributed by atoms with Gasteiger partial charge >= 0.3 is 0 Å². The summed E-state index contributed by atoms with van der Waals surface area (Å²) >= 11 is 0. The van der Waals surface area contributed by atoms with Crippen LogP contribution >= 0.6 is 0 Å². The van der Waals surface area contributed by atoms with Crippen LogP contribution in [0.2, 0.25) is 0 Å². The van der Waals surface area contributed by atoms with Crippen LogP contribution < -0.4 is 10.1 Å². The first kappa shape index (κ1) is 23.4. The number of benzene rings is 2. The number of nitrogens with one attached hydrogen (secondary N) is 1. The van der Waals surface area contributed by atoms with Crippen LogP contribution in [0.5, 0.6) is 5.75 Å². The molecule has 4 rings (SSSR count). The topological polar surface area (TPSA) is 79.9 Å². The van der Waals surface area contributed by atoms with Gasteiger partial charge in [0.1, 0.15) is 17.6 Å². The first-order chi connectivity index (χ1) is 16.1. The van der Waals surface area contributed by atoms with E-state index in [4.69, 9.17) is 10.00 Å². The van der Waals surface area contributed by atoms with Crippen LogP contribution in [0.1, 0.15) is 36.5 Å². The van der Waals surface area contributed by atoms with Gasteiger partial charge in [-0.25, -0.2) is 13.2 Å². The lowest BCUT2D eigenvalue weighted by atomic mass is 9.68. The molecule has 0 radical (unpaired) electrons. The third kappa shape index (κ3) is 5.76. The van der Waals surface area contributed by atoms with Crippen LogP contribution in [0, 0.1) is 22.6 Å². The molecule has 0 bridgehead atoms. The summed E-state index contributed by atoms with van der Waals surface area (Å²) in [7, 11) is 0. The lowest BCUT2D eigenvalue weighted by molar-refractivity contribution is -0.164. The van der Waals surface area contributed by atoms with E-state index in [-0.39, 0.29) is 43.9 Å². The van der Waals surface area contributed by atoms with E-state index in [1.165, 1.54) is 12.1 Å². The minimum absolute atomic E-state index is 0.0194. The Labute approximate surface area is 195 Å². The van der Waals surface area contributed by atoms with Crippen molar-refractivity contribution in [1.29, 1.82) is 5.26 Å². The number of rotatable bonds is 8. The molecule has 1 aliphatic carbocycles. The molecule has 2 aromatic carbocycles. The molecular weight excluding hydrogens is 445 g/mol. The molecule has 1 saturated carbocycles. The zero-order valence-corrected chi connectivity index (χ0v) is 18.5. The molecule has 1 N–H and O–H groups in total. The van der Waals surface area contributed by atoms with E-state index in [1.807, 2.05) is 0 Å². The number of halogens is 3. The Morgan fingerprint density at radius 2 is 1.88 bits per heavy atom. The summed E-state index contributed by atoms with van der Waals surface area (Å²) < 4.78 is 47.2. The SMILES string of the molecule is CC1(COc2ccc(CC(=O)Nc3ccn(Cc4ccc(C#N)c(F)c4)n3)cc2)CC(F)(F)C1. The van der Waals surface area contributed by atoms with Gasteiger partial charge in [0.25, 0.3) is 0 Å². The van der Waals surface area contributed by atoms with Crippen molar-refractivity contribution in [3.63, 3.8) is 0 Å². The van der Waals surface area contributed by atoms with Gasteiger partial charge in [0.2, 0.25) is 11.8 Å². The Kier molecular flexibility index (Phi) is 6.33. The van der Waals surface area contributed by atoms with E-state index in [0.29, 0.717) is 17.1 Å². The molecule has 1 aliphatic rings. The zero-order chi connectivity index (χ0) is 24.3. The number of nitrogens with zero attached hydrogens (tertiary/aromatic N) is 3. The second-order valence-corrected chi connectivity index (χ2v) is 9.00. The van der Waals surface area contributed by atoms with Crippen molar-refractivity contribution in [2.24, 2.45) is 5.41 Å². The molecule has 3 aromatic rings. The number of carbonyl (C=O) groups excluding carboxylic acids is 1. The normalized spacial score (nSPS) is 15.7. The lowest BCUT2D eigenvalue weighted by Gasteiger charge is -2.44. The lowest BCUT2D eigenvalue weighted by Crippen LogP contribution is -2.47. The smallest absolute Gasteiger partial charge is 0.249 e. The third-order valence-corrected chi connectivity index (χ3v) is 5.65. The van der Waals surface area contributed by atoms with Gasteiger partial charge in [-0.15, -0.1) is 0 Å². The number of anilines is 1. The summed E-state index contributed by atoms with van der Waals surface area (Å²) in [6.07, 6.45) is 1.45. The van der Waals surface area contributed by atoms with Crippen LogP contribution in [0.3, 0.4) is 0 Å². The van der Waals surface area contributed by atoms with Crippen molar-refractivity contribution in [1.82, 2.24) is 9.78 Å². The number of ether oxygens (including phenoxy) is 1. The first-order valence-corrected chi connectivity index (χ1v) is 10.7. The van der Waals surface area contributed by atoms with Gasteiger partial charge in [0.15, 0.2) is 5.82 Å². The van der Waals surface area contributed by atoms with Gasteiger partial charge < -0.3 is 10.1 Å². The van der Waals surface area contributed by atoms with Gasteiger partial charge in [-0.1, -0.05) is 25.1 Å². The highest BCUT2D eigenvalue weighted by molar-refractivity contribution is 5.91. The molecule has 6 nitrogen and oxygen atoms in total. The molecule has 0 unspecified atom stereocenters. The number of hydrogen-bond donors (Lipinski definition) is 1. The number of hydrogen-bond acceptors (Lipinski definition) is 4. The van der Waals surface area contributed by atoms with Gasteiger partial charge in [-0.05, 0) is 35.4 Å². The number of nitriles is 1. The van der Waals surface area contributed by atoms with E-state index in [1.54, 1.807) is 60.3 Å². The average Bonchev–Trinajstić information content (AvgIpc) is 3.18. The van der Waals surface area contributed by atoms with E-state index < -0.39 is 17.2 Å². The number of carbonyl (C=O) groups is 1. The van der Waals surface area contributed by atoms with E-state index in [0.717, 1.165) is 5.56 Å². The van der Waals surface area contributed by atoms with Gasteiger partial charge in [-0.3, -0.25) is 9.48 Å². The Morgan fingerprint density at radius 1 is 1.18 bits per heavy atom. The minimum Gasteiger partial charge on any atom is -0.493 e. The first-order valence-electron chi connectivity index (χ1n) is 10.7. The molecular formula is C25H23F3N4O2. The van der Waals surface area contributed by atoms with Crippen molar-refractivity contribution in [3.05, 3.63) is 77.2 Å². The molecule has 1 fully saturated rings. The second-order valence-electron chi connectivity index (χ2n) is 9.00. The Morgan fingerprint density at radius 3 is 2.53 bits per heavy atom. The van der Waals surface area contributed by atoms with Crippen molar-refractivity contribution in [2.75, 3.05) is 11.9 Å². The van der Waals surface area contributed by atoms with Crippen LogP contribution in [-0.2, 0) is 17.8 Å². The van der Waals surface area contributed by atoms with Crippen molar-refractivity contribution >= 4 is 11.7 Å². The Hall–Kier alpha value is -3.80. The highest BCUT2D eigenvalue weighted by Crippen LogP contribution is 2.51. The monoisotopic (exact) mass is 468 g/mol. The van der Waals surface area contributed by atoms with Gasteiger partial charge in [0.05, 0.1) is 25.1 Å². The van der Waals surface area contributed by atoms with E-state index >= 15 is 0 Å². The summed E-state index contributed by atoms with van der Waals surface area (Å²) in [6.45, 7) is 2.30. The maximum atomic E-state index is 13.8. The maximum Gasteiger partial charge on any atom is 0.249 e. The Balaban J connectivity index is 1.26. The predicted molar refractivity (Wildman–Crippen MR) is 119 cm³/mol. The van der Waals surface area contributed by atoms with Crippen LogP contribution in [0.4, 0.5) is 19.0 Å². The molecule has 0 atom stereocenters. The van der Waals surface area contributed by atoms with E-state index in [2.05, 4.69) is 10.4 Å². The molecule has 9 heteroatoms. The molecule has 1 amide bonds. The average molecular weight is 468 g/mol. The van der Waals surface area contributed by atoms with Crippen LogP contribution in [-0.4, -0.2) is 28.2 Å². The highest BCUT2D eigenvalue weighted by atomic mass is 19.3. The second kappa shape index (κ2) is 9.21. The summed E-state index contributed by atoms with van der Waals surface area (Å²) in [4.78, 5) is 12.4. The zero-order valence-electron chi connectivity index (χ0n) is 18.5. The molecule has 0 aliphatic heterocycles. The fraction of sp³-hybridized carbons (Fsp3) is 0.320. The molecule has 0 saturated heterocycles. The van der Waals surface area contributed by atoms with Crippen molar-refractivity contribution < 1.29 is 22.7 Å². The standard InChI is InChI=1S/C25H23F3N4O2/c1-24(14-25(27,28)15-24)16-34-20-6-3-17(4-7-20)11-23(33)30-22-8-9-32(31-22)13-18-2-5-19(12-29)21(26)10-18/h2-10H,11,13-16H2,1H3,(H,30,31,33). The van der Waals surface area contributed by atoms with Gasteiger partial charge in [-0.2, -0.15) is 10.4 Å². The molecule has 34 heavy (non-hydrogen) atoms. The fourth-order valence-electron chi connectivity index (χ4n) is 4.08. The van der Waals surface area contributed by atoms with Crippen LogP contribution in [0.25, 0.3) is 0 Å². The summed E-state index contributed by atoms with van der Waals surface area (Å²) in [6, 6.07) is 14.7. The van der Waals surface area contributed by atoms with E-state index in [9.17, 15) is 18.0 Å². The molecule has 1 aromatic heterocycles. The fourth-order valence-corrected chi connectivity index (χ4v) is 4.08. The summed E-state index contributed by atoms with van der Waals surface area (Å²) in [5.74, 6) is -2.50. The molecule has 176 valence electrons. The molecule has 0 spiro atoms. The number of aromatic nitrogens is 2. The van der Waals surface area contributed by atoms with Crippen molar-refractivity contribution in [3.8, 4) is 11.8 Å².